The highest BCUT2D eigenvalue weighted by Crippen LogP contribution is 2.27. The van der Waals surface area contributed by atoms with E-state index in [9.17, 15) is 10.1 Å². The van der Waals surface area contributed by atoms with Gasteiger partial charge in [0, 0.05) is 25.8 Å². The van der Waals surface area contributed by atoms with Crippen LogP contribution in [-0.4, -0.2) is 34.7 Å². The van der Waals surface area contributed by atoms with Gasteiger partial charge in [-0.25, -0.2) is 4.98 Å². The molecular formula is C10H14BrN3O3. The van der Waals surface area contributed by atoms with Crippen molar-refractivity contribution in [1.29, 1.82) is 0 Å². The van der Waals surface area contributed by atoms with Crippen molar-refractivity contribution in [2.24, 2.45) is 0 Å². The zero-order valence-corrected chi connectivity index (χ0v) is 11.1. The smallest absolute Gasteiger partial charge is 0.288 e. The summed E-state index contributed by atoms with van der Waals surface area (Å²) in [5.41, 5.74) is -0.0427. The second-order valence-electron chi connectivity index (χ2n) is 3.41. The molecule has 1 aromatic heterocycles. The van der Waals surface area contributed by atoms with Crippen LogP contribution in [0.2, 0.25) is 0 Å². The monoisotopic (exact) mass is 303 g/mol. The first-order valence-corrected chi connectivity index (χ1v) is 6.05. The molecule has 0 bridgehead atoms. The largest absolute Gasteiger partial charge is 0.396 e. The molecule has 1 heterocycles. The Bertz CT molecular complexity index is 400. The Morgan fingerprint density at radius 1 is 1.65 bits per heavy atom. The van der Waals surface area contributed by atoms with Gasteiger partial charge in [-0.05, 0) is 29.3 Å². The van der Waals surface area contributed by atoms with Gasteiger partial charge >= 0.3 is 0 Å². The molecule has 0 aliphatic carbocycles. The first kappa shape index (κ1) is 13.9. The van der Waals surface area contributed by atoms with Gasteiger partial charge in [-0.3, -0.25) is 10.1 Å². The summed E-state index contributed by atoms with van der Waals surface area (Å²) in [6, 6.07) is 1.43. The van der Waals surface area contributed by atoms with Crippen LogP contribution in [0, 0.1) is 10.1 Å². The van der Waals surface area contributed by atoms with Crippen molar-refractivity contribution in [2.75, 3.05) is 24.6 Å². The molecule has 0 fully saturated rings. The summed E-state index contributed by atoms with van der Waals surface area (Å²) in [5.74, 6) is 0.659. The van der Waals surface area contributed by atoms with Crippen molar-refractivity contribution < 1.29 is 10.0 Å². The second-order valence-corrected chi connectivity index (χ2v) is 4.27. The minimum absolute atomic E-state index is 0.0427. The Kier molecular flexibility index (Phi) is 5.30. The average Bonchev–Trinajstić information content (AvgIpc) is 2.31. The lowest BCUT2D eigenvalue weighted by atomic mass is 10.3. The quantitative estimate of drug-likeness (QED) is 0.642. The molecule has 1 rings (SSSR count). The van der Waals surface area contributed by atoms with Gasteiger partial charge in [-0.1, -0.05) is 0 Å². The van der Waals surface area contributed by atoms with Crippen LogP contribution in [0.15, 0.2) is 16.7 Å². The maximum atomic E-state index is 10.6. The summed E-state index contributed by atoms with van der Waals surface area (Å²) < 4.78 is 0.589. The Balaban J connectivity index is 2.92. The van der Waals surface area contributed by atoms with E-state index in [0.717, 1.165) is 6.54 Å². The number of hydrogen-bond donors (Lipinski definition) is 1. The van der Waals surface area contributed by atoms with Gasteiger partial charge < -0.3 is 10.0 Å². The summed E-state index contributed by atoms with van der Waals surface area (Å²) in [5, 5.41) is 19.4. The first-order valence-electron chi connectivity index (χ1n) is 5.25. The SMILES string of the molecule is CCN(CCCO)c1ncc([N+](=O)[O-])cc1Br. The Hall–Kier alpha value is -1.21. The predicted octanol–water partition coefficient (Wildman–Crippen LogP) is 1.96. The molecule has 17 heavy (non-hydrogen) atoms. The number of nitrogens with zero attached hydrogens (tertiary/aromatic N) is 3. The maximum Gasteiger partial charge on any atom is 0.288 e. The lowest BCUT2D eigenvalue weighted by molar-refractivity contribution is -0.385. The van der Waals surface area contributed by atoms with Gasteiger partial charge in [-0.2, -0.15) is 0 Å². The van der Waals surface area contributed by atoms with Crippen LogP contribution in [0.3, 0.4) is 0 Å². The van der Waals surface area contributed by atoms with E-state index < -0.39 is 4.92 Å². The lowest BCUT2D eigenvalue weighted by Gasteiger charge is -2.22. The number of rotatable bonds is 6. The van der Waals surface area contributed by atoms with Gasteiger partial charge in [0.05, 0.1) is 9.40 Å². The molecule has 0 aromatic carbocycles. The zero-order valence-electron chi connectivity index (χ0n) is 9.47. The van der Waals surface area contributed by atoms with Gasteiger partial charge in [0.15, 0.2) is 0 Å². The van der Waals surface area contributed by atoms with Crippen LogP contribution >= 0.6 is 15.9 Å². The highest BCUT2D eigenvalue weighted by molar-refractivity contribution is 9.10. The molecule has 1 N–H and O–H groups in total. The number of pyridine rings is 1. The standard InChI is InChI=1S/C10H14BrN3O3/c1-2-13(4-3-5-15)10-9(11)6-8(7-12-10)14(16)17/h6-7,15H,2-5H2,1H3. The van der Waals surface area contributed by atoms with Crippen molar-refractivity contribution in [2.45, 2.75) is 13.3 Å². The van der Waals surface area contributed by atoms with E-state index in [-0.39, 0.29) is 12.3 Å². The molecule has 0 saturated carbocycles. The van der Waals surface area contributed by atoms with Crippen LogP contribution in [0.25, 0.3) is 0 Å². The van der Waals surface area contributed by atoms with Gasteiger partial charge in [-0.15, -0.1) is 0 Å². The molecule has 0 aliphatic heterocycles. The van der Waals surface area contributed by atoms with Gasteiger partial charge in [0.2, 0.25) is 0 Å². The number of aliphatic hydroxyl groups excluding tert-OH is 1. The molecule has 0 atom stereocenters. The third-order valence-electron chi connectivity index (χ3n) is 2.29. The molecule has 0 radical (unpaired) electrons. The fourth-order valence-electron chi connectivity index (χ4n) is 1.43. The number of aromatic nitrogens is 1. The van der Waals surface area contributed by atoms with Crippen molar-refractivity contribution in [3.63, 3.8) is 0 Å². The Morgan fingerprint density at radius 2 is 2.35 bits per heavy atom. The van der Waals surface area contributed by atoms with Crippen molar-refractivity contribution >= 4 is 27.4 Å². The molecule has 1 aromatic rings. The average molecular weight is 304 g/mol. The predicted molar refractivity (Wildman–Crippen MR) is 68.2 cm³/mol. The minimum atomic E-state index is -0.481. The van der Waals surface area contributed by atoms with Crippen LogP contribution in [0.5, 0.6) is 0 Å². The highest BCUT2D eigenvalue weighted by atomic mass is 79.9. The molecule has 6 nitrogen and oxygen atoms in total. The number of anilines is 1. The molecule has 0 amide bonds. The second kappa shape index (κ2) is 6.51. The summed E-state index contributed by atoms with van der Waals surface area (Å²) in [6.07, 6.45) is 1.88. The maximum absolute atomic E-state index is 10.6. The third-order valence-corrected chi connectivity index (χ3v) is 2.87. The summed E-state index contributed by atoms with van der Waals surface area (Å²) in [6.45, 7) is 3.47. The molecule has 7 heteroatoms. The summed E-state index contributed by atoms with van der Waals surface area (Å²) >= 11 is 3.28. The first-order chi connectivity index (χ1) is 8.10. The Labute approximate surface area is 108 Å². The van der Waals surface area contributed by atoms with E-state index in [1.807, 2.05) is 11.8 Å². The van der Waals surface area contributed by atoms with E-state index in [1.165, 1.54) is 12.3 Å². The summed E-state index contributed by atoms with van der Waals surface area (Å²) in [7, 11) is 0. The van der Waals surface area contributed by atoms with Crippen LogP contribution < -0.4 is 4.90 Å². The highest BCUT2D eigenvalue weighted by Gasteiger charge is 2.14. The Morgan fingerprint density at radius 3 is 2.82 bits per heavy atom. The normalized spacial score (nSPS) is 10.3. The lowest BCUT2D eigenvalue weighted by Crippen LogP contribution is -2.26. The van der Waals surface area contributed by atoms with Crippen LogP contribution in [-0.2, 0) is 0 Å². The van der Waals surface area contributed by atoms with Crippen molar-refractivity contribution in [1.82, 2.24) is 4.98 Å². The number of halogens is 1. The molecule has 0 saturated heterocycles. The summed E-state index contributed by atoms with van der Waals surface area (Å²) in [4.78, 5) is 16.1. The molecule has 94 valence electrons. The fourth-order valence-corrected chi connectivity index (χ4v) is 2.02. The van der Waals surface area contributed by atoms with Gasteiger partial charge in [0.25, 0.3) is 5.69 Å². The molecular weight excluding hydrogens is 290 g/mol. The van der Waals surface area contributed by atoms with E-state index in [0.29, 0.717) is 23.3 Å². The van der Waals surface area contributed by atoms with Crippen molar-refractivity contribution in [3.8, 4) is 0 Å². The third kappa shape index (κ3) is 3.64. The van der Waals surface area contributed by atoms with Crippen LogP contribution in [0.4, 0.5) is 11.5 Å². The van der Waals surface area contributed by atoms with Crippen LogP contribution in [0.1, 0.15) is 13.3 Å². The van der Waals surface area contributed by atoms with E-state index in [2.05, 4.69) is 20.9 Å². The molecule has 0 unspecified atom stereocenters. The topological polar surface area (TPSA) is 79.5 Å². The number of aliphatic hydroxyl groups is 1. The molecule has 0 spiro atoms. The van der Waals surface area contributed by atoms with E-state index in [4.69, 9.17) is 5.11 Å². The van der Waals surface area contributed by atoms with Gasteiger partial charge in [0.1, 0.15) is 12.0 Å². The fraction of sp³-hybridized carbons (Fsp3) is 0.500. The minimum Gasteiger partial charge on any atom is -0.396 e. The molecule has 0 aliphatic rings. The van der Waals surface area contributed by atoms with Crippen molar-refractivity contribution in [3.05, 3.63) is 26.9 Å². The van der Waals surface area contributed by atoms with E-state index in [1.54, 1.807) is 0 Å². The van der Waals surface area contributed by atoms with E-state index >= 15 is 0 Å². The number of hydrogen-bond acceptors (Lipinski definition) is 5. The number of nitro groups is 1. The zero-order chi connectivity index (χ0) is 12.8.